The van der Waals surface area contributed by atoms with Crippen molar-refractivity contribution in [2.75, 3.05) is 5.32 Å². The summed E-state index contributed by atoms with van der Waals surface area (Å²) in [5, 5.41) is 11.6. The Balaban J connectivity index is 2.74. The maximum atomic E-state index is 11.7. The number of nitrogens with two attached hydrogens (primary N) is 2. The molecule has 106 valence electrons. The third-order valence-corrected chi connectivity index (χ3v) is 2.91. The summed E-state index contributed by atoms with van der Waals surface area (Å²) in [6.07, 6.45) is -0.203. The summed E-state index contributed by atoms with van der Waals surface area (Å²) in [4.78, 5) is 22.4. The van der Waals surface area contributed by atoms with Crippen molar-refractivity contribution < 1.29 is 9.59 Å². The highest BCUT2D eigenvalue weighted by atomic mass is 16.2. The Morgan fingerprint density at radius 2 is 1.90 bits per heavy atom. The number of hydrogen-bond acceptors (Lipinski definition) is 4. The molecule has 6 heteroatoms. The SMILES string of the molecule is CC(C)(C#N)c1ccc(NC(=O)C(N)CC(N)=O)cc1. The number of carbonyl (C=O) groups excluding carboxylic acids is 2. The Morgan fingerprint density at radius 1 is 1.35 bits per heavy atom. The lowest BCUT2D eigenvalue weighted by Crippen LogP contribution is -2.39. The van der Waals surface area contributed by atoms with Crippen LogP contribution in [0.25, 0.3) is 0 Å². The molecule has 2 amide bonds. The average molecular weight is 274 g/mol. The van der Waals surface area contributed by atoms with Crippen LogP contribution >= 0.6 is 0 Å². The summed E-state index contributed by atoms with van der Waals surface area (Å²) in [5.41, 5.74) is 11.3. The van der Waals surface area contributed by atoms with Crippen LogP contribution in [0.15, 0.2) is 24.3 Å². The minimum absolute atomic E-state index is 0.203. The fourth-order valence-electron chi connectivity index (χ4n) is 1.58. The van der Waals surface area contributed by atoms with Crippen molar-refractivity contribution in [1.29, 1.82) is 5.26 Å². The highest BCUT2D eigenvalue weighted by Crippen LogP contribution is 2.23. The highest BCUT2D eigenvalue weighted by molar-refractivity contribution is 5.97. The van der Waals surface area contributed by atoms with Crippen molar-refractivity contribution in [3.05, 3.63) is 29.8 Å². The van der Waals surface area contributed by atoms with Crippen molar-refractivity contribution in [2.24, 2.45) is 11.5 Å². The van der Waals surface area contributed by atoms with Crippen molar-refractivity contribution >= 4 is 17.5 Å². The number of carbonyl (C=O) groups is 2. The summed E-state index contributed by atoms with van der Waals surface area (Å²) in [6.45, 7) is 3.62. The third-order valence-electron chi connectivity index (χ3n) is 2.91. The quantitative estimate of drug-likeness (QED) is 0.728. The van der Waals surface area contributed by atoms with Crippen LogP contribution in [0.5, 0.6) is 0 Å². The van der Waals surface area contributed by atoms with Gasteiger partial charge >= 0.3 is 0 Å². The van der Waals surface area contributed by atoms with Gasteiger partial charge in [0.15, 0.2) is 0 Å². The Hall–Kier alpha value is -2.39. The average Bonchev–Trinajstić information content (AvgIpc) is 2.38. The number of nitrogens with zero attached hydrogens (tertiary/aromatic N) is 1. The predicted octanol–water partition coefficient (Wildman–Crippen LogP) is 0.629. The molecule has 6 nitrogen and oxygen atoms in total. The minimum atomic E-state index is -0.970. The molecular formula is C14H18N4O2. The first-order valence-corrected chi connectivity index (χ1v) is 6.13. The normalized spacial score (nSPS) is 12.3. The summed E-state index contributed by atoms with van der Waals surface area (Å²) in [5.74, 6) is -1.10. The molecule has 0 saturated carbocycles. The highest BCUT2D eigenvalue weighted by Gasteiger charge is 2.20. The van der Waals surface area contributed by atoms with E-state index in [9.17, 15) is 9.59 Å². The molecule has 0 aliphatic carbocycles. The van der Waals surface area contributed by atoms with E-state index in [1.54, 1.807) is 24.3 Å². The summed E-state index contributed by atoms with van der Waals surface area (Å²) in [6, 6.07) is 8.12. The summed E-state index contributed by atoms with van der Waals surface area (Å²) >= 11 is 0. The fraction of sp³-hybridized carbons (Fsp3) is 0.357. The molecule has 0 bridgehead atoms. The molecule has 0 radical (unpaired) electrons. The Bertz CT molecular complexity index is 543. The van der Waals surface area contributed by atoms with Gasteiger partial charge in [-0.2, -0.15) is 5.26 Å². The molecule has 5 N–H and O–H groups in total. The van der Waals surface area contributed by atoms with Crippen LogP contribution in [-0.2, 0) is 15.0 Å². The molecule has 0 aliphatic heterocycles. The maximum absolute atomic E-state index is 11.7. The van der Waals surface area contributed by atoms with Crippen LogP contribution < -0.4 is 16.8 Å². The van der Waals surface area contributed by atoms with Gasteiger partial charge in [-0.1, -0.05) is 12.1 Å². The van der Waals surface area contributed by atoms with E-state index in [0.29, 0.717) is 5.69 Å². The van der Waals surface area contributed by atoms with Crippen molar-refractivity contribution in [3.63, 3.8) is 0 Å². The second-order valence-corrected chi connectivity index (χ2v) is 5.08. The predicted molar refractivity (Wildman–Crippen MR) is 75.5 cm³/mol. The largest absolute Gasteiger partial charge is 0.370 e. The van der Waals surface area contributed by atoms with E-state index in [2.05, 4.69) is 11.4 Å². The van der Waals surface area contributed by atoms with Crippen molar-refractivity contribution in [3.8, 4) is 6.07 Å². The van der Waals surface area contributed by atoms with E-state index >= 15 is 0 Å². The van der Waals surface area contributed by atoms with Crippen LogP contribution in [-0.4, -0.2) is 17.9 Å². The lowest BCUT2D eigenvalue weighted by molar-refractivity contribution is -0.123. The van der Waals surface area contributed by atoms with E-state index in [0.717, 1.165) is 5.56 Å². The number of primary amides is 1. The fourth-order valence-corrected chi connectivity index (χ4v) is 1.58. The molecule has 0 aromatic heterocycles. The monoisotopic (exact) mass is 274 g/mol. The summed E-state index contributed by atoms with van der Waals surface area (Å²) < 4.78 is 0. The van der Waals surface area contributed by atoms with Gasteiger partial charge in [0.25, 0.3) is 0 Å². The van der Waals surface area contributed by atoms with Gasteiger partial charge < -0.3 is 16.8 Å². The Kier molecular flexibility index (Phi) is 4.83. The van der Waals surface area contributed by atoms with E-state index in [1.807, 2.05) is 13.8 Å². The summed E-state index contributed by atoms with van der Waals surface area (Å²) in [7, 11) is 0. The lowest BCUT2D eigenvalue weighted by atomic mass is 9.86. The molecule has 1 unspecified atom stereocenters. The molecular weight excluding hydrogens is 256 g/mol. The first-order chi connectivity index (χ1) is 9.26. The number of benzene rings is 1. The van der Waals surface area contributed by atoms with Gasteiger partial charge in [-0.05, 0) is 31.5 Å². The number of rotatable bonds is 5. The molecule has 1 rings (SSSR count). The molecule has 1 aromatic rings. The number of nitrogens with one attached hydrogen (secondary N) is 1. The minimum Gasteiger partial charge on any atom is -0.370 e. The Labute approximate surface area is 117 Å². The molecule has 0 aliphatic rings. The van der Waals surface area contributed by atoms with Gasteiger partial charge in [0.2, 0.25) is 11.8 Å². The van der Waals surface area contributed by atoms with Gasteiger partial charge in [0.1, 0.15) is 0 Å². The Morgan fingerprint density at radius 3 is 2.35 bits per heavy atom. The molecule has 1 atom stereocenters. The van der Waals surface area contributed by atoms with Gasteiger partial charge in [0, 0.05) is 5.69 Å². The number of hydrogen-bond donors (Lipinski definition) is 3. The smallest absolute Gasteiger partial charge is 0.241 e. The van der Waals surface area contributed by atoms with Crippen LogP contribution in [0.3, 0.4) is 0 Å². The van der Waals surface area contributed by atoms with Crippen molar-refractivity contribution in [1.82, 2.24) is 0 Å². The van der Waals surface area contributed by atoms with Gasteiger partial charge in [-0.15, -0.1) is 0 Å². The van der Waals surface area contributed by atoms with Gasteiger partial charge in [-0.3, -0.25) is 9.59 Å². The van der Waals surface area contributed by atoms with Gasteiger partial charge in [-0.25, -0.2) is 0 Å². The molecule has 20 heavy (non-hydrogen) atoms. The first-order valence-electron chi connectivity index (χ1n) is 6.13. The second-order valence-electron chi connectivity index (χ2n) is 5.08. The van der Waals surface area contributed by atoms with E-state index < -0.39 is 23.3 Å². The van der Waals surface area contributed by atoms with E-state index in [4.69, 9.17) is 16.7 Å². The molecule has 1 aromatic carbocycles. The zero-order chi connectivity index (χ0) is 15.3. The van der Waals surface area contributed by atoms with Crippen molar-refractivity contribution in [2.45, 2.75) is 31.7 Å². The topological polar surface area (TPSA) is 122 Å². The lowest BCUT2D eigenvalue weighted by Gasteiger charge is -2.16. The zero-order valence-electron chi connectivity index (χ0n) is 11.5. The number of amides is 2. The van der Waals surface area contributed by atoms with Crippen LogP contribution in [0.1, 0.15) is 25.8 Å². The third kappa shape index (κ3) is 4.07. The molecule has 0 fully saturated rings. The number of anilines is 1. The van der Waals surface area contributed by atoms with E-state index in [1.165, 1.54) is 0 Å². The van der Waals surface area contributed by atoms with Crippen LogP contribution in [0.2, 0.25) is 0 Å². The van der Waals surface area contributed by atoms with Crippen LogP contribution in [0, 0.1) is 11.3 Å². The molecule has 0 heterocycles. The van der Waals surface area contributed by atoms with Crippen LogP contribution in [0.4, 0.5) is 5.69 Å². The first kappa shape index (κ1) is 15.7. The van der Waals surface area contributed by atoms with Gasteiger partial charge in [0.05, 0.1) is 23.9 Å². The second kappa shape index (κ2) is 6.17. The maximum Gasteiger partial charge on any atom is 0.241 e. The molecule has 0 saturated heterocycles. The zero-order valence-corrected chi connectivity index (χ0v) is 11.5. The van der Waals surface area contributed by atoms with E-state index in [-0.39, 0.29) is 6.42 Å². The number of nitriles is 1. The standard InChI is InChI=1S/C14H18N4O2/c1-14(2,8-15)9-3-5-10(6-4-9)18-13(20)11(16)7-12(17)19/h3-6,11H,7,16H2,1-2H3,(H2,17,19)(H,18,20). The molecule has 0 spiro atoms.